The molecule has 3 aromatic carbocycles. The number of amides is 8. The van der Waals surface area contributed by atoms with Crippen LogP contribution >= 0.6 is 21.6 Å². The smallest absolute Gasteiger partial charge is 0.317 e. The van der Waals surface area contributed by atoms with Crippen molar-refractivity contribution in [1.29, 1.82) is 0 Å². The van der Waals surface area contributed by atoms with Crippen LogP contribution in [0.15, 0.2) is 85.1 Å². The molecule has 1 aromatic heterocycles. The number of nitrogens with zero attached hydrogens (tertiary/aromatic N) is 4. The molecule has 2 fully saturated rings. The van der Waals surface area contributed by atoms with E-state index in [-0.39, 0.29) is 135 Å². The molecule has 3 radical (unpaired) electrons. The maximum Gasteiger partial charge on any atom is 0.317 e. The van der Waals surface area contributed by atoms with Crippen LogP contribution < -0.4 is 48.3 Å². The van der Waals surface area contributed by atoms with Gasteiger partial charge in [-0.3, -0.25) is 72.3 Å². The molecular formula is C65H92GaN14O18S2. The van der Waals surface area contributed by atoms with Crippen LogP contribution in [-0.2, 0) is 72.0 Å². The number of aromatic hydroxyl groups is 1. The summed E-state index contributed by atoms with van der Waals surface area (Å²) in [7, 11) is 1.81. The van der Waals surface area contributed by atoms with Crippen LogP contribution in [0.4, 0.5) is 0 Å². The second kappa shape index (κ2) is 42.4. The number of carbonyl (C=O) groups is 11. The minimum absolute atomic E-state index is 0. The molecule has 8 amide bonds. The van der Waals surface area contributed by atoms with Crippen LogP contribution in [0.3, 0.4) is 0 Å². The number of aliphatic hydroxyl groups is 3. The standard InChI is InChI=1S/C65H92N14O18S2.Ga/c1-39(81)51(36-80)72-64(96)53-38-99-98-37-52(73-60(92)48(28-41-10-4-3-5-11-41)68-54(84)32-76-20-22-77(33-55(85)86)24-26-79(35-57(89)90)27-25-78(23-21-76)34-56(87)88)63(95)70-49(29-42-15-17-44(83)18-16-42)61(93)71-50(30-43-31-67-46-13-7-6-12-45(43)46)62(94)69-47(14-8-9-19-66)59(91)75-58(40(2)82)65(97)74-53;/h3-7,10-13,15-18,31,39-40,47-53,58,67,80-83H,8-9,14,19-30,32-38,66H2,1-2H3,(H,68,84)(H,69,94)(H,70,95)(H,71,93)(H,72,96)(H,73,92)(H,74,97)(H,75,91)(H,85,86)(H,87,88)(H,89,90);/t39-,40?,47?,48?,49?,50?,51-,52?,53?,58?;/m1./s1/i;1-2. The number of phenols is 1. The van der Waals surface area contributed by atoms with Gasteiger partial charge in [0.2, 0.25) is 47.3 Å². The number of nitrogens with two attached hydrogens (primary N) is 1. The third-order valence-corrected chi connectivity index (χ3v) is 19.0. The molecule has 10 atom stereocenters. The number of hydrogen-bond donors (Lipinski definition) is 17. The molecule has 545 valence electrons. The second-order valence-electron chi connectivity index (χ2n) is 24.5. The van der Waals surface area contributed by atoms with Gasteiger partial charge in [0, 0.05) is 120 Å². The van der Waals surface area contributed by atoms with Gasteiger partial charge in [-0.05, 0) is 74.5 Å². The van der Waals surface area contributed by atoms with Crippen molar-refractivity contribution in [2.75, 3.05) is 103 Å². The average Bonchev–Trinajstić information content (AvgIpc) is 1.62. The number of fused-ring (bicyclic) bond motifs is 1. The van der Waals surface area contributed by atoms with Gasteiger partial charge in [0.25, 0.3) is 0 Å². The number of carbonyl (C=O) groups excluding carboxylic acids is 8. The molecule has 2 aliphatic heterocycles. The number of carboxylic acids is 3. The van der Waals surface area contributed by atoms with Gasteiger partial charge in [0.15, 0.2) is 0 Å². The van der Waals surface area contributed by atoms with Crippen molar-refractivity contribution in [3.63, 3.8) is 0 Å². The first-order chi connectivity index (χ1) is 47.3. The molecule has 0 saturated carbocycles. The fraction of sp³-hybridized carbons (Fsp3) is 0.523. The van der Waals surface area contributed by atoms with Gasteiger partial charge in [-0.25, -0.2) is 0 Å². The molecule has 6 rings (SSSR count). The first kappa shape index (κ1) is 82.9. The Kier molecular flexibility index (Phi) is 35.2. The van der Waals surface area contributed by atoms with Gasteiger partial charge in [-0.2, -0.15) is 0 Å². The molecule has 100 heavy (non-hydrogen) atoms. The van der Waals surface area contributed by atoms with Crippen molar-refractivity contribution in [1.82, 2.24) is 67.1 Å². The van der Waals surface area contributed by atoms with Crippen LogP contribution in [0, 0.1) is 0 Å². The summed E-state index contributed by atoms with van der Waals surface area (Å²) < 4.78 is 0. The zero-order chi connectivity index (χ0) is 72.1. The SMILES string of the molecule is CC(O)C1NC(=O)C(CCCCN)NC(=O)C(Cc2c[nH]c3ccccc23)NC(=O)C(Cc2ccc(O)cc2)NC(=O)C(NC(=O)C(Cc2ccccc2)NC(=O)CN2CCN(CC(=O)O)CCN(CC(=O)O)CCN(CC(=O)O)CC2)CSSCC(C(=O)N[C@H](CO)[C@@H](C)O)NC1=O.[68Ga]. The molecule has 8 unspecified atom stereocenters. The predicted octanol–water partition coefficient (Wildman–Crippen LogP) is -3.85. The maximum atomic E-state index is 15.3. The summed E-state index contributed by atoms with van der Waals surface area (Å²) in [5, 5.41) is 93.2. The number of phenolic OH excluding ortho intramolecular Hbond substituents is 1. The number of aromatic nitrogens is 1. The Hall–Kier alpha value is -7.81. The molecule has 2 saturated heterocycles. The number of nitrogens with one attached hydrogen (secondary N) is 9. The van der Waals surface area contributed by atoms with Gasteiger partial charge in [0.05, 0.1) is 51.0 Å². The number of carboxylic acid groups (broad SMARTS) is 3. The van der Waals surface area contributed by atoms with Gasteiger partial charge in [-0.15, -0.1) is 0 Å². The van der Waals surface area contributed by atoms with Crippen molar-refractivity contribution >= 4 is 117 Å². The number of unbranched alkanes of at least 4 members (excludes halogenated alkanes) is 1. The van der Waals surface area contributed by atoms with Gasteiger partial charge >= 0.3 is 17.9 Å². The summed E-state index contributed by atoms with van der Waals surface area (Å²) >= 11 is 0. The zero-order valence-corrected chi connectivity index (χ0v) is 59.8. The van der Waals surface area contributed by atoms with Crippen LogP contribution in [-0.4, -0.2) is 309 Å². The summed E-state index contributed by atoms with van der Waals surface area (Å²) in [5.74, 6) is -11.6. The monoisotopic (exact) mass is 1490 g/mol. The molecule has 0 bridgehead atoms. The third-order valence-electron chi connectivity index (χ3n) is 16.6. The second-order valence-corrected chi connectivity index (χ2v) is 27.0. The Bertz CT molecular complexity index is 3330. The molecular weight excluding hydrogens is 1400 g/mol. The number of rotatable bonds is 26. The largest absolute Gasteiger partial charge is 0.508 e. The summed E-state index contributed by atoms with van der Waals surface area (Å²) in [5.41, 5.74) is 8.05. The van der Waals surface area contributed by atoms with E-state index >= 15 is 14.4 Å². The molecule has 4 aromatic rings. The van der Waals surface area contributed by atoms with Gasteiger partial charge in [0.1, 0.15) is 48.0 Å². The Balaban J connectivity index is 0.0000180. The summed E-state index contributed by atoms with van der Waals surface area (Å²) in [4.78, 5) is 163. The van der Waals surface area contributed by atoms with E-state index in [2.05, 4.69) is 47.5 Å². The van der Waals surface area contributed by atoms with E-state index in [0.29, 0.717) is 34.0 Å². The topological polar surface area (TPSA) is 480 Å². The fourth-order valence-corrected chi connectivity index (χ4v) is 13.4. The minimum Gasteiger partial charge on any atom is -0.508 e. The quantitative estimate of drug-likeness (QED) is 0.0163. The number of aliphatic hydroxyl groups excluding tert-OH is 3. The minimum atomic E-state index is -1.77. The first-order valence-corrected chi connectivity index (χ1v) is 35.0. The summed E-state index contributed by atoms with van der Waals surface area (Å²) in [6, 6.07) is 9.21. The number of H-pyrrole nitrogens is 1. The zero-order valence-electron chi connectivity index (χ0n) is 55.8. The Labute approximate surface area is 599 Å². The maximum absolute atomic E-state index is 15.3. The van der Waals surface area contributed by atoms with E-state index in [1.165, 1.54) is 38.1 Å². The van der Waals surface area contributed by atoms with E-state index in [9.17, 15) is 74.1 Å². The van der Waals surface area contributed by atoms with E-state index < -0.39 is 152 Å². The van der Waals surface area contributed by atoms with Crippen LogP contribution in [0.2, 0.25) is 0 Å². The fourth-order valence-electron chi connectivity index (χ4n) is 11.1. The number of aromatic amines is 1. The normalized spacial score (nSPS) is 21.8. The summed E-state index contributed by atoms with van der Waals surface area (Å²) in [6.07, 6.45) is -1.31. The molecule has 32 nitrogen and oxygen atoms in total. The van der Waals surface area contributed by atoms with Crippen molar-refractivity contribution < 1.29 is 88.5 Å². The molecule has 18 N–H and O–H groups in total. The third kappa shape index (κ3) is 28.0. The average molecular weight is 1490 g/mol. The molecule has 0 aliphatic carbocycles. The number of hydrogen-bond acceptors (Lipinski definition) is 22. The molecule has 35 heteroatoms. The van der Waals surface area contributed by atoms with Crippen LogP contribution in [0.25, 0.3) is 10.9 Å². The Morgan fingerprint density at radius 1 is 0.600 bits per heavy atom. The predicted molar refractivity (Wildman–Crippen MR) is 372 cm³/mol. The van der Waals surface area contributed by atoms with Crippen molar-refractivity contribution in [2.45, 2.75) is 113 Å². The number of aliphatic carboxylic acids is 3. The number of benzene rings is 3. The molecule has 3 heterocycles. The van der Waals surface area contributed by atoms with E-state index in [0.717, 1.165) is 21.6 Å². The molecule has 2 aliphatic rings. The summed E-state index contributed by atoms with van der Waals surface area (Å²) in [6.45, 7) is 1.08. The van der Waals surface area contributed by atoms with Crippen LogP contribution in [0.1, 0.15) is 49.8 Å². The first-order valence-electron chi connectivity index (χ1n) is 32.5. The van der Waals surface area contributed by atoms with Gasteiger partial charge in [-0.1, -0.05) is 82.3 Å². The van der Waals surface area contributed by atoms with Crippen molar-refractivity contribution in [3.8, 4) is 5.75 Å². The molecule has 0 spiro atoms. The Morgan fingerprint density at radius 2 is 1.12 bits per heavy atom. The van der Waals surface area contributed by atoms with E-state index in [1.54, 1.807) is 80.4 Å². The van der Waals surface area contributed by atoms with E-state index in [1.807, 2.05) is 0 Å². The van der Waals surface area contributed by atoms with Crippen molar-refractivity contribution in [2.24, 2.45) is 5.73 Å². The van der Waals surface area contributed by atoms with Gasteiger partial charge < -0.3 is 89.0 Å². The van der Waals surface area contributed by atoms with Crippen molar-refractivity contribution in [3.05, 3.63) is 102 Å². The Morgan fingerprint density at radius 3 is 1.67 bits per heavy atom. The van der Waals surface area contributed by atoms with E-state index in [4.69, 9.17) is 5.73 Å². The van der Waals surface area contributed by atoms with Crippen LogP contribution in [0.5, 0.6) is 5.75 Å². The number of para-hydroxylation sites is 1.